The number of fused-ring (bicyclic) bond motifs is 1. The van der Waals surface area contributed by atoms with Crippen LogP contribution in [0.2, 0.25) is 0 Å². The van der Waals surface area contributed by atoms with Gasteiger partial charge in [0.15, 0.2) is 11.2 Å². The van der Waals surface area contributed by atoms with Crippen molar-refractivity contribution in [2.24, 2.45) is 0 Å². The molecule has 11 nitrogen and oxygen atoms in total. The highest BCUT2D eigenvalue weighted by atomic mass is 32.2. The zero-order valence-corrected chi connectivity index (χ0v) is 16.9. The van der Waals surface area contributed by atoms with Gasteiger partial charge in [0.25, 0.3) is 5.69 Å². The standard InChI is InChI=1S/C19H15N7O4S/c1-30-15-7-3-5-13(9-15)25-18-17(23-24-25)19(21-11-20-18)31-10-16(27)22-12-4-2-6-14(8-12)26(28)29/h2-9,11H,10H2,1H3,(H,22,27). The molecular formula is C19H15N7O4S. The van der Waals surface area contributed by atoms with E-state index >= 15 is 0 Å². The van der Waals surface area contributed by atoms with Gasteiger partial charge in [-0.15, -0.1) is 5.10 Å². The molecule has 0 aliphatic heterocycles. The molecule has 0 aliphatic rings. The summed E-state index contributed by atoms with van der Waals surface area (Å²) in [7, 11) is 1.58. The van der Waals surface area contributed by atoms with E-state index in [-0.39, 0.29) is 17.3 Å². The van der Waals surface area contributed by atoms with E-state index in [2.05, 4.69) is 25.6 Å². The Morgan fingerprint density at radius 2 is 2.06 bits per heavy atom. The number of non-ortho nitro benzene ring substituents is 1. The zero-order valence-electron chi connectivity index (χ0n) is 16.1. The van der Waals surface area contributed by atoms with E-state index < -0.39 is 4.92 Å². The SMILES string of the molecule is COc1cccc(-n2nnc3c(SCC(=O)Nc4cccc([N+](=O)[O-])c4)ncnc32)c1. The molecular weight excluding hydrogens is 422 g/mol. The molecule has 0 fully saturated rings. The Morgan fingerprint density at radius 1 is 1.23 bits per heavy atom. The molecule has 2 aromatic heterocycles. The topological polar surface area (TPSA) is 138 Å². The lowest BCUT2D eigenvalue weighted by molar-refractivity contribution is -0.384. The number of nitrogens with zero attached hydrogens (tertiary/aromatic N) is 6. The van der Waals surface area contributed by atoms with E-state index in [1.54, 1.807) is 23.9 Å². The van der Waals surface area contributed by atoms with Gasteiger partial charge < -0.3 is 10.1 Å². The molecule has 4 aromatic rings. The first-order valence-electron chi connectivity index (χ1n) is 8.93. The molecule has 0 unspecified atom stereocenters. The molecule has 156 valence electrons. The van der Waals surface area contributed by atoms with Crippen LogP contribution in [0.15, 0.2) is 59.9 Å². The Hall–Kier alpha value is -4.06. The van der Waals surface area contributed by atoms with Crippen LogP contribution in [0, 0.1) is 10.1 Å². The summed E-state index contributed by atoms with van der Waals surface area (Å²) in [4.78, 5) is 31.1. The lowest BCUT2D eigenvalue weighted by Crippen LogP contribution is -2.14. The molecule has 31 heavy (non-hydrogen) atoms. The number of aromatic nitrogens is 5. The Bertz CT molecular complexity index is 1280. The van der Waals surface area contributed by atoms with Crippen LogP contribution in [0.5, 0.6) is 5.75 Å². The number of hydrogen-bond donors (Lipinski definition) is 1. The van der Waals surface area contributed by atoms with E-state index in [0.29, 0.717) is 27.6 Å². The average molecular weight is 437 g/mol. The number of ether oxygens (including phenoxy) is 1. The number of nitro groups is 1. The average Bonchev–Trinajstić information content (AvgIpc) is 3.22. The molecule has 0 atom stereocenters. The van der Waals surface area contributed by atoms with E-state index in [1.807, 2.05) is 18.2 Å². The van der Waals surface area contributed by atoms with Gasteiger partial charge in [-0.1, -0.05) is 29.1 Å². The highest BCUT2D eigenvalue weighted by molar-refractivity contribution is 8.00. The Kier molecular flexibility index (Phi) is 5.71. The predicted molar refractivity (Wildman–Crippen MR) is 113 cm³/mol. The Balaban J connectivity index is 1.50. The first-order chi connectivity index (χ1) is 15.0. The van der Waals surface area contributed by atoms with Crippen LogP contribution in [0.1, 0.15) is 0 Å². The Morgan fingerprint density at radius 3 is 2.87 bits per heavy atom. The number of amides is 1. The minimum Gasteiger partial charge on any atom is -0.497 e. The molecule has 2 heterocycles. The normalized spacial score (nSPS) is 10.7. The lowest BCUT2D eigenvalue weighted by atomic mass is 10.3. The number of methoxy groups -OCH3 is 1. The van der Waals surface area contributed by atoms with Crippen molar-refractivity contribution < 1.29 is 14.5 Å². The molecule has 12 heteroatoms. The second kappa shape index (κ2) is 8.75. The van der Waals surface area contributed by atoms with Gasteiger partial charge in [0, 0.05) is 23.9 Å². The number of rotatable bonds is 7. The van der Waals surface area contributed by atoms with E-state index in [9.17, 15) is 14.9 Å². The molecule has 1 amide bonds. The fourth-order valence-corrected chi connectivity index (χ4v) is 3.51. The summed E-state index contributed by atoms with van der Waals surface area (Å²) >= 11 is 1.17. The van der Waals surface area contributed by atoms with Crippen molar-refractivity contribution in [3.05, 3.63) is 65.0 Å². The van der Waals surface area contributed by atoms with E-state index in [4.69, 9.17) is 4.74 Å². The fourth-order valence-electron chi connectivity index (χ4n) is 2.78. The number of carbonyl (C=O) groups is 1. The number of nitrogens with one attached hydrogen (secondary N) is 1. The van der Waals surface area contributed by atoms with Gasteiger partial charge in [-0.3, -0.25) is 14.9 Å². The fraction of sp³-hybridized carbons (Fsp3) is 0.105. The van der Waals surface area contributed by atoms with Crippen molar-refractivity contribution in [2.45, 2.75) is 5.03 Å². The molecule has 1 N–H and O–H groups in total. The highest BCUT2D eigenvalue weighted by Gasteiger charge is 2.15. The number of thioether (sulfide) groups is 1. The molecule has 0 spiro atoms. The maximum Gasteiger partial charge on any atom is 0.271 e. The number of anilines is 1. The van der Waals surface area contributed by atoms with Gasteiger partial charge >= 0.3 is 0 Å². The lowest BCUT2D eigenvalue weighted by Gasteiger charge is -2.06. The van der Waals surface area contributed by atoms with E-state index in [0.717, 1.165) is 5.69 Å². The van der Waals surface area contributed by atoms with Crippen LogP contribution in [-0.4, -0.2) is 48.7 Å². The largest absolute Gasteiger partial charge is 0.497 e. The van der Waals surface area contributed by atoms with Crippen LogP contribution in [0.4, 0.5) is 11.4 Å². The van der Waals surface area contributed by atoms with Gasteiger partial charge in [0.05, 0.1) is 23.5 Å². The molecule has 2 aromatic carbocycles. The van der Waals surface area contributed by atoms with E-state index in [1.165, 1.54) is 36.3 Å². The minimum atomic E-state index is -0.520. The van der Waals surface area contributed by atoms with Crippen LogP contribution in [0.3, 0.4) is 0 Å². The van der Waals surface area contributed by atoms with Crippen molar-refractivity contribution >= 4 is 40.2 Å². The second-order valence-corrected chi connectivity index (χ2v) is 7.16. The number of hydrogen-bond acceptors (Lipinski definition) is 9. The first kappa shape index (κ1) is 20.2. The number of benzene rings is 2. The summed E-state index contributed by atoms with van der Waals surface area (Å²) in [5.74, 6) is 0.362. The third-order valence-electron chi connectivity index (χ3n) is 4.18. The minimum absolute atomic E-state index is 0.0286. The maximum atomic E-state index is 12.3. The van der Waals surface area contributed by atoms with Crippen molar-refractivity contribution in [3.63, 3.8) is 0 Å². The van der Waals surface area contributed by atoms with Gasteiger partial charge in [0.1, 0.15) is 17.1 Å². The van der Waals surface area contributed by atoms with Crippen LogP contribution in [-0.2, 0) is 4.79 Å². The predicted octanol–water partition coefficient (Wildman–Crippen LogP) is 2.86. The molecule has 0 aliphatic carbocycles. The molecule has 0 radical (unpaired) electrons. The summed E-state index contributed by atoms with van der Waals surface area (Å²) in [6.07, 6.45) is 1.38. The molecule has 0 saturated carbocycles. The zero-order chi connectivity index (χ0) is 21.8. The van der Waals surface area contributed by atoms with Gasteiger partial charge in [-0.05, 0) is 18.2 Å². The highest BCUT2D eigenvalue weighted by Crippen LogP contribution is 2.25. The molecule has 4 rings (SSSR count). The first-order valence-corrected chi connectivity index (χ1v) is 9.91. The molecule has 0 bridgehead atoms. The third kappa shape index (κ3) is 4.43. The van der Waals surface area contributed by atoms with Gasteiger partial charge in [-0.25, -0.2) is 9.97 Å². The van der Waals surface area contributed by atoms with Gasteiger partial charge in [-0.2, -0.15) is 4.68 Å². The van der Waals surface area contributed by atoms with Crippen LogP contribution < -0.4 is 10.1 Å². The smallest absolute Gasteiger partial charge is 0.271 e. The van der Waals surface area contributed by atoms with Gasteiger partial charge in [0.2, 0.25) is 5.91 Å². The quantitative estimate of drug-likeness (QED) is 0.200. The number of carbonyl (C=O) groups excluding carboxylic acids is 1. The van der Waals surface area contributed by atoms with Crippen molar-refractivity contribution in [1.82, 2.24) is 25.0 Å². The Labute approximate surface area is 179 Å². The molecule has 0 saturated heterocycles. The second-order valence-electron chi connectivity index (χ2n) is 6.20. The summed E-state index contributed by atoms with van der Waals surface area (Å²) < 4.78 is 6.80. The summed E-state index contributed by atoms with van der Waals surface area (Å²) in [6, 6.07) is 13.0. The van der Waals surface area contributed by atoms with Crippen LogP contribution >= 0.6 is 11.8 Å². The summed E-state index contributed by atoms with van der Waals surface area (Å²) in [5, 5.41) is 22.3. The summed E-state index contributed by atoms with van der Waals surface area (Å²) in [6.45, 7) is 0. The van der Waals surface area contributed by atoms with Crippen LogP contribution in [0.25, 0.3) is 16.9 Å². The van der Waals surface area contributed by atoms with Crippen molar-refractivity contribution in [1.29, 1.82) is 0 Å². The number of nitro benzene ring substituents is 1. The monoisotopic (exact) mass is 437 g/mol. The van der Waals surface area contributed by atoms with Crippen molar-refractivity contribution in [2.75, 3.05) is 18.2 Å². The third-order valence-corrected chi connectivity index (χ3v) is 5.16. The van der Waals surface area contributed by atoms with Crippen molar-refractivity contribution in [3.8, 4) is 11.4 Å². The maximum absolute atomic E-state index is 12.3. The summed E-state index contributed by atoms with van der Waals surface area (Å²) in [5.41, 5.74) is 1.91.